The molecule has 92 valence electrons. The van der Waals surface area contributed by atoms with Gasteiger partial charge in [0.1, 0.15) is 0 Å². The lowest BCUT2D eigenvalue weighted by molar-refractivity contribution is 0.211. The Balaban J connectivity index is 3.78. The van der Waals surface area contributed by atoms with Gasteiger partial charge in [0.25, 0.3) is 0 Å². The van der Waals surface area contributed by atoms with Gasteiger partial charge in [-0.15, -0.1) is 0 Å². The summed E-state index contributed by atoms with van der Waals surface area (Å²) in [7, 11) is 2.22. The van der Waals surface area contributed by atoms with Gasteiger partial charge in [0, 0.05) is 18.1 Å². The van der Waals surface area contributed by atoms with Gasteiger partial charge in [0.2, 0.25) is 0 Å². The maximum absolute atomic E-state index is 3.56. The summed E-state index contributed by atoms with van der Waals surface area (Å²) in [6, 6.07) is 0.696. The molecule has 0 aromatic heterocycles. The van der Waals surface area contributed by atoms with E-state index in [0.29, 0.717) is 12.0 Å². The number of hydrogen-bond donors (Lipinski definition) is 1. The quantitative estimate of drug-likeness (QED) is 0.731. The molecule has 0 spiro atoms. The molecule has 0 aliphatic carbocycles. The molecular formula is C13H30N2. The molecule has 0 bridgehead atoms. The molecule has 2 atom stereocenters. The van der Waals surface area contributed by atoms with E-state index < -0.39 is 0 Å². The van der Waals surface area contributed by atoms with Gasteiger partial charge in [0.15, 0.2) is 0 Å². The highest BCUT2D eigenvalue weighted by atomic mass is 15.1. The van der Waals surface area contributed by atoms with E-state index in [1.165, 1.54) is 13.0 Å². The highest BCUT2D eigenvalue weighted by molar-refractivity contribution is 4.73. The first kappa shape index (κ1) is 14.9. The second-order valence-electron chi connectivity index (χ2n) is 5.93. The standard InChI is InChI=1S/C13H30N2/c1-8-12(3)15(7)10-11(2)9-14-13(4,5)6/h11-12,14H,8-10H2,1-7H3. The molecular weight excluding hydrogens is 184 g/mol. The van der Waals surface area contributed by atoms with Crippen LogP contribution in [0.3, 0.4) is 0 Å². The first-order valence-electron chi connectivity index (χ1n) is 6.21. The predicted octanol–water partition coefficient (Wildman–Crippen LogP) is 2.74. The highest BCUT2D eigenvalue weighted by Crippen LogP contribution is 2.06. The van der Waals surface area contributed by atoms with E-state index >= 15 is 0 Å². The first-order chi connectivity index (χ1) is 6.76. The van der Waals surface area contributed by atoms with E-state index in [9.17, 15) is 0 Å². The third-order valence-corrected chi connectivity index (χ3v) is 2.92. The lowest BCUT2D eigenvalue weighted by Crippen LogP contribution is -2.42. The summed E-state index contributed by atoms with van der Waals surface area (Å²) in [5, 5.41) is 3.56. The molecule has 0 aliphatic rings. The second-order valence-corrected chi connectivity index (χ2v) is 5.93. The monoisotopic (exact) mass is 214 g/mol. The molecule has 0 radical (unpaired) electrons. The van der Waals surface area contributed by atoms with Crippen molar-refractivity contribution < 1.29 is 0 Å². The molecule has 0 aromatic rings. The average Bonchev–Trinajstić information content (AvgIpc) is 2.12. The summed E-state index contributed by atoms with van der Waals surface area (Å²) in [6.45, 7) is 15.8. The Bertz CT molecular complexity index is 160. The van der Waals surface area contributed by atoms with Crippen LogP contribution in [-0.2, 0) is 0 Å². The summed E-state index contributed by atoms with van der Waals surface area (Å²) in [5.41, 5.74) is 0.239. The van der Waals surface area contributed by atoms with Gasteiger partial charge in [-0.1, -0.05) is 13.8 Å². The van der Waals surface area contributed by atoms with Gasteiger partial charge in [-0.25, -0.2) is 0 Å². The molecule has 0 amide bonds. The third-order valence-electron chi connectivity index (χ3n) is 2.92. The first-order valence-corrected chi connectivity index (χ1v) is 6.21. The molecule has 2 unspecified atom stereocenters. The van der Waals surface area contributed by atoms with Crippen molar-refractivity contribution in [1.82, 2.24) is 10.2 Å². The largest absolute Gasteiger partial charge is 0.312 e. The molecule has 2 nitrogen and oxygen atoms in total. The fourth-order valence-corrected chi connectivity index (χ4v) is 1.53. The molecule has 0 rings (SSSR count). The molecule has 2 heteroatoms. The summed E-state index contributed by atoms with van der Waals surface area (Å²) in [4.78, 5) is 2.45. The van der Waals surface area contributed by atoms with E-state index in [-0.39, 0.29) is 5.54 Å². The zero-order chi connectivity index (χ0) is 12.1. The fraction of sp³-hybridized carbons (Fsp3) is 1.00. The van der Waals surface area contributed by atoms with Crippen LogP contribution in [0.15, 0.2) is 0 Å². The Morgan fingerprint density at radius 3 is 2.13 bits per heavy atom. The minimum absolute atomic E-state index is 0.239. The van der Waals surface area contributed by atoms with E-state index in [2.05, 4.69) is 58.8 Å². The third kappa shape index (κ3) is 7.80. The van der Waals surface area contributed by atoms with Crippen LogP contribution in [0.2, 0.25) is 0 Å². The topological polar surface area (TPSA) is 15.3 Å². The van der Waals surface area contributed by atoms with E-state index in [4.69, 9.17) is 0 Å². The number of rotatable bonds is 6. The van der Waals surface area contributed by atoms with E-state index in [1.807, 2.05) is 0 Å². The normalized spacial score (nSPS) is 16.8. The molecule has 15 heavy (non-hydrogen) atoms. The Morgan fingerprint density at radius 1 is 1.20 bits per heavy atom. The van der Waals surface area contributed by atoms with Crippen molar-refractivity contribution in [2.24, 2.45) is 5.92 Å². The maximum atomic E-state index is 3.56. The van der Waals surface area contributed by atoms with Crippen molar-refractivity contribution in [2.45, 2.75) is 59.5 Å². The van der Waals surface area contributed by atoms with Gasteiger partial charge in [-0.3, -0.25) is 0 Å². The number of nitrogens with zero attached hydrogens (tertiary/aromatic N) is 1. The average molecular weight is 214 g/mol. The Labute approximate surface area is 96.4 Å². The maximum Gasteiger partial charge on any atom is 0.00966 e. The SMILES string of the molecule is CCC(C)N(C)CC(C)CNC(C)(C)C. The smallest absolute Gasteiger partial charge is 0.00966 e. The highest BCUT2D eigenvalue weighted by Gasteiger charge is 2.14. The second kappa shape index (κ2) is 6.49. The molecule has 0 saturated heterocycles. The zero-order valence-corrected chi connectivity index (χ0v) is 11.7. The van der Waals surface area contributed by atoms with Gasteiger partial charge in [0.05, 0.1) is 0 Å². The Kier molecular flexibility index (Phi) is 6.46. The lowest BCUT2D eigenvalue weighted by atomic mass is 10.1. The zero-order valence-electron chi connectivity index (χ0n) is 11.7. The minimum atomic E-state index is 0.239. The van der Waals surface area contributed by atoms with E-state index in [1.54, 1.807) is 0 Å². The summed E-state index contributed by atoms with van der Waals surface area (Å²) < 4.78 is 0. The Morgan fingerprint density at radius 2 is 1.73 bits per heavy atom. The van der Waals surface area contributed by atoms with Crippen molar-refractivity contribution in [1.29, 1.82) is 0 Å². The van der Waals surface area contributed by atoms with Gasteiger partial charge in [-0.2, -0.15) is 0 Å². The van der Waals surface area contributed by atoms with Crippen LogP contribution in [0, 0.1) is 5.92 Å². The van der Waals surface area contributed by atoms with Gasteiger partial charge < -0.3 is 10.2 Å². The summed E-state index contributed by atoms with van der Waals surface area (Å²) >= 11 is 0. The van der Waals surface area contributed by atoms with Crippen molar-refractivity contribution in [3.63, 3.8) is 0 Å². The van der Waals surface area contributed by atoms with Crippen LogP contribution in [0.25, 0.3) is 0 Å². The van der Waals surface area contributed by atoms with Crippen LogP contribution >= 0.6 is 0 Å². The number of nitrogens with one attached hydrogen (secondary N) is 1. The molecule has 0 aliphatic heterocycles. The van der Waals surface area contributed by atoms with Crippen molar-refractivity contribution in [3.05, 3.63) is 0 Å². The molecule has 0 fully saturated rings. The van der Waals surface area contributed by atoms with Crippen LogP contribution in [0.1, 0.15) is 48.0 Å². The van der Waals surface area contributed by atoms with Gasteiger partial charge >= 0.3 is 0 Å². The lowest BCUT2D eigenvalue weighted by Gasteiger charge is -2.29. The summed E-state index contributed by atoms with van der Waals surface area (Å²) in [6.07, 6.45) is 1.23. The van der Waals surface area contributed by atoms with Crippen LogP contribution in [0.5, 0.6) is 0 Å². The molecule has 0 saturated carbocycles. The summed E-state index contributed by atoms with van der Waals surface area (Å²) in [5.74, 6) is 0.711. The predicted molar refractivity (Wildman–Crippen MR) is 69.3 cm³/mol. The Hall–Kier alpha value is -0.0800. The fourth-order valence-electron chi connectivity index (χ4n) is 1.53. The van der Waals surface area contributed by atoms with Gasteiger partial charge in [-0.05, 0) is 53.6 Å². The molecule has 0 aromatic carbocycles. The van der Waals surface area contributed by atoms with Crippen LogP contribution in [0.4, 0.5) is 0 Å². The van der Waals surface area contributed by atoms with E-state index in [0.717, 1.165) is 6.54 Å². The van der Waals surface area contributed by atoms with Crippen molar-refractivity contribution >= 4 is 0 Å². The van der Waals surface area contributed by atoms with Crippen molar-refractivity contribution in [3.8, 4) is 0 Å². The van der Waals surface area contributed by atoms with Crippen molar-refractivity contribution in [2.75, 3.05) is 20.1 Å². The van der Waals surface area contributed by atoms with Crippen LogP contribution < -0.4 is 5.32 Å². The molecule has 0 heterocycles. The number of hydrogen-bond acceptors (Lipinski definition) is 2. The minimum Gasteiger partial charge on any atom is -0.312 e. The molecule has 1 N–H and O–H groups in total. The van der Waals surface area contributed by atoms with Crippen LogP contribution in [-0.4, -0.2) is 36.6 Å².